The summed E-state index contributed by atoms with van der Waals surface area (Å²) in [5.74, 6) is 1.38. The third-order valence-corrected chi connectivity index (χ3v) is 5.44. The Hall–Kier alpha value is -3.22. The van der Waals surface area contributed by atoms with Crippen molar-refractivity contribution in [3.8, 4) is 11.6 Å². The van der Waals surface area contributed by atoms with E-state index in [1.807, 2.05) is 50.1 Å². The van der Waals surface area contributed by atoms with Crippen molar-refractivity contribution in [2.24, 2.45) is 7.05 Å². The lowest BCUT2D eigenvalue weighted by molar-refractivity contribution is 0.0705. The quantitative estimate of drug-likeness (QED) is 0.679. The third kappa shape index (κ3) is 4.13. The Morgan fingerprint density at radius 1 is 1.21 bits per heavy atom. The second-order valence-corrected chi connectivity index (χ2v) is 7.56. The van der Waals surface area contributed by atoms with E-state index in [0.717, 1.165) is 42.1 Å². The van der Waals surface area contributed by atoms with Gasteiger partial charge in [-0.25, -0.2) is 4.98 Å². The van der Waals surface area contributed by atoms with Crippen LogP contribution in [0.1, 0.15) is 46.1 Å². The minimum atomic E-state index is 0.0282. The summed E-state index contributed by atoms with van der Waals surface area (Å²) < 4.78 is 7.62. The summed E-state index contributed by atoms with van der Waals surface area (Å²) in [4.78, 5) is 23.8. The molecule has 1 unspecified atom stereocenters. The fourth-order valence-electron chi connectivity index (χ4n) is 3.69. The summed E-state index contributed by atoms with van der Waals surface area (Å²) in [7, 11) is 1.85. The normalized spacial score (nSPS) is 16.7. The van der Waals surface area contributed by atoms with Gasteiger partial charge in [0.15, 0.2) is 0 Å². The van der Waals surface area contributed by atoms with E-state index in [2.05, 4.69) is 15.1 Å². The van der Waals surface area contributed by atoms with Gasteiger partial charge in [0.1, 0.15) is 5.75 Å². The average Bonchev–Trinajstić information content (AvgIpc) is 3.06. The van der Waals surface area contributed by atoms with Gasteiger partial charge in [0, 0.05) is 37.9 Å². The number of carbonyl (C=O) groups excluding carboxylic acids is 1. The summed E-state index contributed by atoms with van der Waals surface area (Å²) in [5.41, 5.74) is 3.52. The smallest absolute Gasteiger partial charge is 0.257 e. The predicted octanol–water partition coefficient (Wildman–Crippen LogP) is 3.64. The van der Waals surface area contributed by atoms with E-state index in [-0.39, 0.29) is 11.8 Å². The van der Waals surface area contributed by atoms with Crippen molar-refractivity contribution in [2.45, 2.75) is 32.6 Å². The highest BCUT2D eigenvalue weighted by atomic mass is 16.5. The molecule has 3 heterocycles. The van der Waals surface area contributed by atoms with Crippen LogP contribution in [0.5, 0.6) is 11.6 Å². The van der Waals surface area contributed by atoms with Crippen LogP contribution in [-0.2, 0) is 7.05 Å². The van der Waals surface area contributed by atoms with Gasteiger partial charge < -0.3 is 9.64 Å². The molecule has 0 saturated carbocycles. The lowest BCUT2D eigenvalue weighted by Gasteiger charge is -2.32. The van der Waals surface area contributed by atoms with E-state index in [1.165, 1.54) is 0 Å². The number of benzene rings is 1. The summed E-state index contributed by atoms with van der Waals surface area (Å²) in [6, 6.07) is 7.84. The molecular weight excluding hydrogens is 366 g/mol. The Bertz CT molecular complexity index is 1030. The first kappa shape index (κ1) is 19.1. The maximum Gasteiger partial charge on any atom is 0.257 e. The number of carbonyl (C=O) groups is 1. The number of likely N-dealkylation sites (tertiary alicyclic amines) is 1. The summed E-state index contributed by atoms with van der Waals surface area (Å²) in [6.07, 6.45) is 6.95. The lowest BCUT2D eigenvalue weighted by atomic mass is 9.94. The number of hydrogen-bond acceptors (Lipinski definition) is 5. The molecule has 1 aliphatic heterocycles. The Morgan fingerprint density at radius 3 is 2.83 bits per heavy atom. The molecule has 0 radical (unpaired) electrons. The van der Waals surface area contributed by atoms with Gasteiger partial charge in [-0.1, -0.05) is 12.1 Å². The minimum Gasteiger partial charge on any atom is -0.437 e. The molecule has 1 amide bonds. The minimum absolute atomic E-state index is 0.0282. The van der Waals surface area contributed by atoms with Crippen molar-refractivity contribution >= 4 is 5.91 Å². The standard InChI is InChI=1S/C22H25N5O2/c1-15-6-4-8-18(10-15)29-21-13-23-12-20(25-21)17-7-5-9-27(14-17)22(28)19-11-24-26(3)16(19)2/h4,6,8,10-13,17H,5,7,9,14H2,1-3H3. The molecule has 0 spiro atoms. The Morgan fingerprint density at radius 2 is 2.07 bits per heavy atom. The zero-order valence-corrected chi connectivity index (χ0v) is 17.0. The molecule has 3 aromatic rings. The fraction of sp³-hybridized carbons (Fsp3) is 0.364. The van der Waals surface area contributed by atoms with Crippen LogP contribution >= 0.6 is 0 Å². The predicted molar refractivity (Wildman–Crippen MR) is 109 cm³/mol. The molecule has 7 nitrogen and oxygen atoms in total. The maximum atomic E-state index is 13.0. The maximum absolute atomic E-state index is 13.0. The van der Waals surface area contributed by atoms with Gasteiger partial charge in [-0.05, 0) is 44.4 Å². The van der Waals surface area contributed by atoms with Crippen LogP contribution in [-0.4, -0.2) is 43.6 Å². The number of nitrogens with zero attached hydrogens (tertiary/aromatic N) is 5. The van der Waals surface area contributed by atoms with Crippen LogP contribution in [0, 0.1) is 13.8 Å². The zero-order valence-electron chi connectivity index (χ0n) is 17.0. The second kappa shape index (κ2) is 8.03. The lowest BCUT2D eigenvalue weighted by Crippen LogP contribution is -2.39. The van der Waals surface area contributed by atoms with Gasteiger partial charge in [0.2, 0.25) is 5.88 Å². The monoisotopic (exact) mass is 391 g/mol. The molecule has 0 N–H and O–H groups in total. The third-order valence-electron chi connectivity index (χ3n) is 5.44. The van der Waals surface area contributed by atoms with Crippen LogP contribution in [0.15, 0.2) is 42.9 Å². The topological polar surface area (TPSA) is 73.1 Å². The molecule has 0 aliphatic carbocycles. The molecule has 7 heteroatoms. The molecule has 1 aliphatic rings. The first-order valence-corrected chi connectivity index (χ1v) is 9.85. The van der Waals surface area contributed by atoms with E-state index in [0.29, 0.717) is 18.0 Å². The van der Waals surface area contributed by atoms with Gasteiger partial charge >= 0.3 is 0 Å². The average molecular weight is 391 g/mol. The summed E-state index contributed by atoms with van der Waals surface area (Å²) in [5, 5.41) is 4.20. The zero-order chi connectivity index (χ0) is 20.4. The number of ether oxygens (including phenoxy) is 1. The molecule has 150 valence electrons. The second-order valence-electron chi connectivity index (χ2n) is 7.56. The first-order valence-electron chi connectivity index (χ1n) is 9.85. The van der Waals surface area contributed by atoms with E-state index < -0.39 is 0 Å². The Kier molecular flexibility index (Phi) is 5.29. The molecule has 29 heavy (non-hydrogen) atoms. The van der Waals surface area contributed by atoms with Gasteiger partial charge in [0.05, 0.1) is 23.7 Å². The van der Waals surface area contributed by atoms with Gasteiger partial charge in [-0.15, -0.1) is 0 Å². The van der Waals surface area contributed by atoms with Crippen LogP contribution < -0.4 is 4.74 Å². The molecular formula is C22H25N5O2. The van der Waals surface area contributed by atoms with Crippen LogP contribution in [0.3, 0.4) is 0 Å². The number of amides is 1. The fourth-order valence-corrected chi connectivity index (χ4v) is 3.69. The molecule has 1 saturated heterocycles. The van der Waals surface area contributed by atoms with E-state index >= 15 is 0 Å². The van der Waals surface area contributed by atoms with Crippen molar-refractivity contribution < 1.29 is 9.53 Å². The number of aromatic nitrogens is 4. The van der Waals surface area contributed by atoms with Crippen molar-refractivity contribution in [1.29, 1.82) is 0 Å². The number of aryl methyl sites for hydroxylation is 2. The van der Waals surface area contributed by atoms with Crippen molar-refractivity contribution in [1.82, 2.24) is 24.6 Å². The number of piperidine rings is 1. The van der Waals surface area contributed by atoms with E-state index in [4.69, 9.17) is 4.74 Å². The van der Waals surface area contributed by atoms with Crippen molar-refractivity contribution in [3.63, 3.8) is 0 Å². The largest absolute Gasteiger partial charge is 0.437 e. The number of hydrogen-bond donors (Lipinski definition) is 0. The van der Waals surface area contributed by atoms with E-state index in [9.17, 15) is 4.79 Å². The van der Waals surface area contributed by atoms with Gasteiger partial charge in [0.25, 0.3) is 5.91 Å². The van der Waals surface area contributed by atoms with E-state index in [1.54, 1.807) is 23.3 Å². The highest BCUT2D eigenvalue weighted by Gasteiger charge is 2.28. The van der Waals surface area contributed by atoms with Crippen LogP contribution in [0.4, 0.5) is 0 Å². The number of rotatable bonds is 4. The van der Waals surface area contributed by atoms with Crippen LogP contribution in [0.25, 0.3) is 0 Å². The van der Waals surface area contributed by atoms with Crippen LogP contribution in [0.2, 0.25) is 0 Å². The molecule has 0 bridgehead atoms. The molecule has 1 atom stereocenters. The Labute approximate surface area is 170 Å². The van der Waals surface area contributed by atoms with Crippen molar-refractivity contribution in [3.05, 3.63) is 65.4 Å². The molecule has 4 rings (SSSR count). The first-order chi connectivity index (χ1) is 14.0. The summed E-state index contributed by atoms with van der Waals surface area (Å²) >= 11 is 0. The van der Waals surface area contributed by atoms with Crippen molar-refractivity contribution in [2.75, 3.05) is 13.1 Å². The highest BCUT2D eigenvalue weighted by molar-refractivity contribution is 5.95. The summed E-state index contributed by atoms with van der Waals surface area (Å²) in [6.45, 7) is 5.30. The van der Waals surface area contributed by atoms with Gasteiger partial charge in [-0.3, -0.25) is 14.5 Å². The Balaban J connectivity index is 1.49. The molecule has 1 aromatic carbocycles. The van der Waals surface area contributed by atoms with Gasteiger partial charge in [-0.2, -0.15) is 5.10 Å². The molecule has 1 fully saturated rings. The molecule has 2 aromatic heterocycles. The SMILES string of the molecule is Cc1cccc(Oc2cncc(C3CCCN(C(=O)c4cnn(C)c4C)C3)n2)c1. The highest BCUT2D eigenvalue weighted by Crippen LogP contribution is 2.28.